The molecular formula is C30H26N2O4S. The maximum Gasteiger partial charge on any atom is 0.338 e. The Balaban J connectivity index is 1.55. The summed E-state index contributed by atoms with van der Waals surface area (Å²) in [6.45, 7) is 4.24. The van der Waals surface area contributed by atoms with E-state index in [1.807, 2.05) is 91.0 Å². The number of hydrogen-bond acceptors (Lipinski definition) is 6. The van der Waals surface area contributed by atoms with Gasteiger partial charge in [-0.3, -0.25) is 9.36 Å². The smallest absolute Gasteiger partial charge is 0.338 e. The van der Waals surface area contributed by atoms with Crippen LogP contribution in [0.4, 0.5) is 0 Å². The van der Waals surface area contributed by atoms with Crippen molar-refractivity contribution in [1.82, 2.24) is 4.57 Å². The first-order valence-electron chi connectivity index (χ1n) is 12.1. The summed E-state index contributed by atoms with van der Waals surface area (Å²) < 4.78 is 13.4. The minimum Gasteiger partial charge on any atom is -0.489 e. The van der Waals surface area contributed by atoms with E-state index in [0.717, 1.165) is 16.7 Å². The van der Waals surface area contributed by atoms with Crippen LogP contribution >= 0.6 is 11.3 Å². The number of fused-ring (bicyclic) bond motifs is 1. The second-order valence-electron chi connectivity index (χ2n) is 8.56. The van der Waals surface area contributed by atoms with Gasteiger partial charge in [-0.2, -0.15) is 0 Å². The molecule has 186 valence electrons. The molecule has 5 rings (SSSR count). The molecule has 0 radical (unpaired) electrons. The van der Waals surface area contributed by atoms with Gasteiger partial charge in [-0.05, 0) is 48.7 Å². The summed E-state index contributed by atoms with van der Waals surface area (Å²) in [5.74, 6) is 0.253. The molecule has 0 fully saturated rings. The molecule has 4 aromatic rings. The number of benzene rings is 3. The summed E-state index contributed by atoms with van der Waals surface area (Å²) >= 11 is 1.30. The zero-order valence-electron chi connectivity index (χ0n) is 20.6. The van der Waals surface area contributed by atoms with Gasteiger partial charge < -0.3 is 9.47 Å². The van der Waals surface area contributed by atoms with E-state index in [4.69, 9.17) is 9.47 Å². The molecule has 37 heavy (non-hydrogen) atoms. The minimum absolute atomic E-state index is 0.206. The van der Waals surface area contributed by atoms with Gasteiger partial charge in [0.25, 0.3) is 5.56 Å². The first kappa shape index (κ1) is 24.5. The lowest BCUT2D eigenvalue weighted by Gasteiger charge is -2.24. The third-order valence-electron chi connectivity index (χ3n) is 6.04. The second kappa shape index (κ2) is 10.8. The molecule has 1 atom stereocenters. The number of nitrogens with zero attached hydrogens (tertiary/aromatic N) is 2. The van der Waals surface area contributed by atoms with E-state index >= 15 is 0 Å². The number of allylic oxidation sites excluding steroid dienone is 1. The van der Waals surface area contributed by atoms with E-state index in [1.54, 1.807) is 18.4 Å². The lowest BCUT2D eigenvalue weighted by molar-refractivity contribution is -0.139. The van der Waals surface area contributed by atoms with Gasteiger partial charge in [-0.15, -0.1) is 0 Å². The maximum atomic E-state index is 13.7. The van der Waals surface area contributed by atoms with Crippen molar-refractivity contribution in [1.29, 1.82) is 0 Å². The third kappa shape index (κ3) is 5.17. The van der Waals surface area contributed by atoms with Crippen LogP contribution in [-0.4, -0.2) is 17.1 Å². The van der Waals surface area contributed by atoms with Crippen LogP contribution in [0.1, 0.15) is 36.6 Å². The highest BCUT2D eigenvalue weighted by Gasteiger charge is 2.33. The largest absolute Gasteiger partial charge is 0.489 e. The molecule has 1 aliphatic heterocycles. The monoisotopic (exact) mass is 510 g/mol. The van der Waals surface area contributed by atoms with E-state index in [2.05, 4.69) is 4.99 Å². The van der Waals surface area contributed by atoms with Crippen LogP contribution in [0.2, 0.25) is 0 Å². The van der Waals surface area contributed by atoms with Gasteiger partial charge in [0.15, 0.2) is 4.80 Å². The number of hydrogen-bond donors (Lipinski definition) is 0. The Bertz CT molecular complexity index is 1640. The molecular weight excluding hydrogens is 484 g/mol. The SMILES string of the molecule is CCOC(=O)C1=C(C)N=c2s/c(=C/c3cccc(OCc4ccccc4)c3)c(=O)n2[C@H]1c1ccccc1. The Morgan fingerprint density at radius 2 is 1.76 bits per heavy atom. The van der Waals surface area contributed by atoms with Crippen molar-refractivity contribution in [3.05, 3.63) is 133 Å². The van der Waals surface area contributed by atoms with Crippen molar-refractivity contribution < 1.29 is 14.3 Å². The van der Waals surface area contributed by atoms with Crippen molar-refractivity contribution in [2.75, 3.05) is 6.61 Å². The molecule has 6 nitrogen and oxygen atoms in total. The van der Waals surface area contributed by atoms with Gasteiger partial charge in [0.1, 0.15) is 12.4 Å². The fraction of sp³-hybridized carbons (Fsp3) is 0.167. The van der Waals surface area contributed by atoms with Crippen LogP contribution in [0.25, 0.3) is 6.08 Å². The third-order valence-corrected chi connectivity index (χ3v) is 7.02. The van der Waals surface area contributed by atoms with Crippen molar-refractivity contribution in [2.45, 2.75) is 26.5 Å². The van der Waals surface area contributed by atoms with Crippen LogP contribution in [0, 0.1) is 0 Å². The van der Waals surface area contributed by atoms with Crippen LogP contribution < -0.4 is 19.6 Å². The molecule has 0 saturated carbocycles. The molecule has 1 aromatic heterocycles. The zero-order valence-corrected chi connectivity index (χ0v) is 21.4. The van der Waals surface area contributed by atoms with Gasteiger partial charge in [0.2, 0.25) is 0 Å². The highest BCUT2D eigenvalue weighted by atomic mass is 32.1. The Labute approximate surface area is 218 Å². The highest BCUT2D eigenvalue weighted by molar-refractivity contribution is 7.07. The summed E-state index contributed by atoms with van der Waals surface area (Å²) in [5, 5.41) is 0. The predicted octanol–water partition coefficient (Wildman–Crippen LogP) is 4.38. The number of ether oxygens (including phenoxy) is 2. The Kier molecular flexibility index (Phi) is 7.14. The van der Waals surface area contributed by atoms with Gasteiger partial charge in [-0.1, -0.05) is 84.1 Å². The molecule has 0 aliphatic carbocycles. The van der Waals surface area contributed by atoms with Crippen molar-refractivity contribution in [2.24, 2.45) is 4.99 Å². The van der Waals surface area contributed by atoms with Crippen LogP contribution in [0.15, 0.2) is 106 Å². The molecule has 1 aliphatic rings. The first-order chi connectivity index (χ1) is 18.0. The van der Waals surface area contributed by atoms with E-state index in [-0.39, 0.29) is 12.2 Å². The number of thiazole rings is 1. The second-order valence-corrected chi connectivity index (χ2v) is 9.57. The van der Waals surface area contributed by atoms with Crippen molar-refractivity contribution in [3.63, 3.8) is 0 Å². The average molecular weight is 511 g/mol. The van der Waals surface area contributed by atoms with Gasteiger partial charge in [0.05, 0.1) is 28.5 Å². The zero-order chi connectivity index (χ0) is 25.8. The van der Waals surface area contributed by atoms with E-state index in [9.17, 15) is 9.59 Å². The molecule has 0 unspecified atom stereocenters. The summed E-state index contributed by atoms with van der Waals surface area (Å²) in [4.78, 5) is 31.8. The fourth-order valence-electron chi connectivity index (χ4n) is 4.33. The standard InChI is InChI=1S/C30H26N2O4S/c1-3-35-29(34)26-20(2)31-30-32(27(26)23-14-8-5-9-15-23)28(33)25(37-30)18-22-13-10-16-24(17-22)36-19-21-11-6-4-7-12-21/h4-18,27H,3,19H2,1-2H3/b25-18+/t27-/m0/s1. The summed E-state index contributed by atoms with van der Waals surface area (Å²) in [7, 11) is 0. The van der Waals surface area contributed by atoms with E-state index in [0.29, 0.717) is 33.0 Å². The fourth-order valence-corrected chi connectivity index (χ4v) is 5.38. The lowest BCUT2D eigenvalue weighted by Crippen LogP contribution is -2.39. The number of rotatable bonds is 7. The van der Waals surface area contributed by atoms with Gasteiger partial charge in [-0.25, -0.2) is 9.79 Å². The molecule has 0 bridgehead atoms. The quantitative estimate of drug-likeness (QED) is 0.346. The summed E-state index contributed by atoms with van der Waals surface area (Å²) in [6, 6.07) is 26.5. The first-order valence-corrected chi connectivity index (χ1v) is 12.9. The summed E-state index contributed by atoms with van der Waals surface area (Å²) in [6.07, 6.45) is 1.84. The molecule has 7 heteroatoms. The van der Waals surface area contributed by atoms with E-state index < -0.39 is 12.0 Å². The van der Waals surface area contributed by atoms with Crippen LogP contribution in [-0.2, 0) is 16.1 Å². The Hall–Kier alpha value is -4.23. The number of esters is 1. The van der Waals surface area contributed by atoms with Gasteiger partial charge >= 0.3 is 5.97 Å². The van der Waals surface area contributed by atoms with Crippen molar-refractivity contribution in [3.8, 4) is 5.75 Å². The summed E-state index contributed by atoms with van der Waals surface area (Å²) in [5.41, 5.74) is 3.47. The minimum atomic E-state index is -0.612. The van der Waals surface area contributed by atoms with Crippen LogP contribution in [0.5, 0.6) is 5.75 Å². The molecule has 3 aromatic carbocycles. The molecule has 0 N–H and O–H groups in total. The van der Waals surface area contributed by atoms with Crippen LogP contribution in [0.3, 0.4) is 0 Å². The molecule has 2 heterocycles. The van der Waals surface area contributed by atoms with Crippen molar-refractivity contribution >= 4 is 23.4 Å². The molecule has 0 spiro atoms. The highest BCUT2D eigenvalue weighted by Crippen LogP contribution is 2.30. The Morgan fingerprint density at radius 1 is 1.03 bits per heavy atom. The molecule has 0 amide bonds. The number of aromatic nitrogens is 1. The topological polar surface area (TPSA) is 69.9 Å². The van der Waals surface area contributed by atoms with Gasteiger partial charge in [0, 0.05) is 0 Å². The van der Waals surface area contributed by atoms with E-state index in [1.165, 1.54) is 11.3 Å². The molecule has 0 saturated heterocycles. The Morgan fingerprint density at radius 3 is 2.49 bits per heavy atom. The lowest BCUT2D eigenvalue weighted by atomic mass is 9.96. The predicted molar refractivity (Wildman–Crippen MR) is 144 cm³/mol. The normalized spacial score (nSPS) is 15.2. The number of carbonyl (C=O) groups is 1. The number of carbonyl (C=O) groups excluding carboxylic acids is 1. The average Bonchev–Trinajstić information content (AvgIpc) is 3.22. The maximum absolute atomic E-state index is 13.7.